The monoisotopic (exact) mass is 290 g/mol. The number of amides is 1. The van der Waals surface area contributed by atoms with E-state index in [9.17, 15) is 14.4 Å². The third-order valence-electron chi connectivity index (χ3n) is 2.86. The summed E-state index contributed by atoms with van der Waals surface area (Å²) in [4.78, 5) is 34.7. The second kappa shape index (κ2) is 6.08. The molecular weight excluding hydrogens is 276 g/mol. The van der Waals surface area contributed by atoms with Crippen molar-refractivity contribution in [2.45, 2.75) is 6.42 Å². The average molecular weight is 290 g/mol. The summed E-state index contributed by atoms with van der Waals surface area (Å²) >= 11 is 0. The van der Waals surface area contributed by atoms with Crippen molar-refractivity contribution in [2.75, 3.05) is 24.8 Å². The molecule has 0 aliphatic heterocycles. The molecule has 2 aromatic rings. The topological polar surface area (TPSA) is 97.6 Å². The minimum Gasteiger partial charge on any atom is -0.469 e. The number of para-hydroxylation sites is 1. The van der Waals surface area contributed by atoms with Gasteiger partial charge in [-0.1, -0.05) is 12.1 Å². The smallest absolute Gasteiger partial charge is 0.362 e. The molecule has 0 aliphatic carbocycles. The van der Waals surface area contributed by atoms with Crippen molar-refractivity contribution >= 4 is 34.2 Å². The van der Waals surface area contributed by atoms with Gasteiger partial charge >= 0.3 is 11.6 Å². The van der Waals surface area contributed by atoms with E-state index in [1.54, 1.807) is 31.3 Å². The van der Waals surface area contributed by atoms with Gasteiger partial charge in [-0.15, -0.1) is 0 Å². The zero-order valence-electron chi connectivity index (χ0n) is 11.6. The van der Waals surface area contributed by atoms with Crippen molar-refractivity contribution in [3.05, 3.63) is 34.7 Å². The molecule has 21 heavy (non-hydrogen) atoms. The Hall–Kier alpha value is -2.83. The van der Waals surface area contributed by atoms with Gasteiger partial charge in [0.25, 0.3) is 0 Å². The number of carbonyl (C=O) groups excluding carboxylic acids is 2. The molecule has 0 fully saturated rings. The largest absolute Gasteiger partial charge is 0.469 e. The zero-order valence-corrected chi connectivity index (χ0v) is 11.6. The van der Waals surface area contributed by atoms with Crippen LogP contribution in [0.25, 0.3) is 11.0 Å². The van der Waals surface area contributed by atoms with Crippen LogP contribution in [-0.2, 0) is 14.3 Å². The van der Waals surface area contributed by atoms with Crippen LogP contribution in [-0.4, -0.2) is 26.0 Å². The molecule has 1 heterocycles. The average Bonchev–Trinajstić information content (AvgIpc) is 2.47. The minimum atomic E-state index is -0.698. The summed E-state index contributed by atoms with van der Waals surface area (Å²) in [5.41, 5.74) is 0.0965. The van der Waals surface area contributed by atoms with Crippen LogP contribution in [0.15, 0.2) is 33.5 Å². The minimum absolute atomic E-state index is 0.0369. The van der Waals surface area contributed by atoms with Gasteiger partial charge in [-0.25, -0.2) is 4.79 Å². The van der Waals surface area contributed by atoms with Crippen molar-refractivity contribution < 1.29 is 18.7 Å². The standard InChI is InChI=1S/C14H14N2O5/c1-15-12-8-5-3-4-6-9(8)21-14(19)13(12)16-10(17)7-11(18)20-2/h3-6,15H,7H2,1-2H3,(H,16,17). The van der Waals surface area contributed by atoms with E-state index in [1.165, 1.54) is 7.11 Å². The van der Waals surface area contributed by atoms with Crippen LogP contribution in [0.1, 0.15) is 6.42 Å². The number of methoxy groups -OCH3 is 1. The maximum atomic E-state index is 12.0. The van der Waals surface area contributed by atoms with Gasteiger partial charge in [-0.3, -0.25) is 9.59 Å². The van der Waals surface area contributed by atoms with Gasteiger partial charge in [0.05, 0.1) is 12.8 Å². The van der Waals surface area contributed by atoms with Crippen molar-refractivity contribution in [2.24, 2.45) is 0 Å². The van der Waals surface area contributed by atoms with E-state index in [2.05, 4.69) is 15.4 Å². The number of hydrogen-bond donors (Lipinski definition) is 2. The molecule has 0 aliphatic rings. The second-order valence-electron chi connectivity index (χ2n) is 4.19. The van der Waals surface area contributed by atoms with E-state index in [-0.39, 0.29) is 5.69 Å². The highest BCUT2D eigenvalue weighted by molar-refractivity contribution is 6.06. The fourth-order valence-electron chi connectivity index (χ4n) is 1.91. The van der Waals surface area contributed by atoms with E-state index < -0.39 is 23.9 Å². The van der Waals surface area contributed by atoms with Crippen molar-refractivity contribution in [1.82, 2.24) is 0 Å². The summed E-state index contributed by atoms with van der Waals surface area (Å²) in [7, 11) is 2.80. The first-order chi connectivity index (χ1) is 10.1. The van der Waals surface area contributed by atoms with Gasteiger partial charge in [-0.2, -0.15) is 0 Å². The first-order valence-electron chi connectivity index (χ1n) is 6.17. The zero-order chi connectivity index (χ0) is 15.4. The van der Waals surface area contributed by atoms with Gasteiger partial charge in [0, 0.05) is 12.4 Å². The lowest BCUT2D eigenvalue weighted by Gasteiger charge is -2.11. The van der Waals surface area contributed by atoms with Crippen LogP contribution in [0.2, 0.25) is 0 Å². The number of anilines is 2. The third-order valence-corrected chi connectivity index (χ3v) is 2.86. The Morgan fingerprint density at radius 1 is 1.24 bits per heavy atom. The van der Waals surface area contributed by atoms with E-state index in [0.29, 0.717) is 16.7 Å². The highest BCUT2D eigenvalue weighted by atomic mass is 16.5. The summed E-state index contributed by atoms with van der Waals surface area (Å²) < 4.78 is 9.54. The first-order valence-corrected chi connectivity index (χ1v) is 6.17. The molecule has 2 N–H and O–H groups in total. The molecule has 7 nitrogen and oxygen atoms in total. The number of rotatable bonds is 4. The number of fused-ring (bicyclic) bond motifs is 1. The van der Waals surface area contributed by atoms with Crippen LogP contribution in [0.5, 0.6) is 0 Å². The number of hydrogen-bond acceptors (Lipinski definition) is 6. The number of benzene rings is 1. The van der Waals surface area contributed by atoms with Gasteiger partial charge < -0.3 is 19.8 Å². The summed E-state index contributed by atoms with van der Waals surface area (Å²) in [6.07, 6.45) is -0.480. The lowest BCUT2D eigenvalue weighted by Crippen LogP contribution is -2.22. The number of nitrogens with one attached hydrogen (secondary N) is 2. The Kier molecular flexibility index (Phi) is 4.22. The molecule has 0 bridgehead atoms. The Balaban J connectivity index is 2.44. The lowest BCUT2D eigenvalue weighted by atomic mass is 10.2. The number of esters is 1. The van der Waals surface area contributed by atoms with Gasteiger partial charge in [-0.05, 0) is 12.1 Å². The Labute approximate surface area is 119 Å². The van der Waals surface area contributed by atoms with E-state index >= 15 is 0 Å². The fourth-order valence-corrected chi connectivity index (χ4v) is 1.91. The molecule has 1 aromatic heterocycles. The molecule has 0 radical (unpaired) electrons. The van der Waals surface area contributed by atoms with Crippen LogP contribution in [0, 0.1) is 0 Å². The van der Waals surface area contributed by atoms with Crippen LogP contribution < -0.4 is 16.3 Å². The van der Waals surface area contributed by atoms with Crippen molar-refractivity contribution in [3.8, 4) is 0 Å². The molecule has 0 atom stereocenters. The molecule has 0 saturated carbocycles. The van der Waals surface area contributed by atoms with E-state index in [1.807, 2.05) is 0 Å². The molecule has 2 rings (SSSR count). The maximum absolute atomic E-state index is 12.0. The van der Waals surface area contributed by atoms with Gasteiger partial charge in [0.15, 0.2) is 5.69 Å². The molecule has 0 saturated heterocycles. The van der Waals surface area contributed by atoms with E-state index in [4.69, 9.17) is 4.42 Å². The van der Waals surface area contributed by atoms with Crippen LogP contribution >= 0.6 is 0 Å². The normalized spacial score (nSPS) is 10.2. The number of ether oxygens (including phenoxy) is 1. The highest BCUT2D eigenvalue weighted by Gasteiger charge is 2.17. The summed E-state index contributed by atoms with van der Waals surface area (Å²) in [6, 6.07) is 6.92. The van der Waals surface area contributed by atoms with Gasteiger partial charge in [0.1, 0.15) is 12.0 Å². The third kappa shape index (κ3) is 3.02. The predicted molar refractivity (Wildman–Crippen MR) is 77.3 cm³/mol. The molecule has 0 unspecified atom stereocenters. The van der Waals surface area contributed by atoms with Crippen molar-refractivity contribution in [3.63, 3.8) is 0 Å². The molecule has 1 amide bonds. The van der Waals surface area contributed by atoms with Crippen molar-refractivity contribution in [1.29, 1.82) is 0 Å². The molecule has 110 valence electrons. The Bertz CT molecular complexity index is 751. The fraction of sp³-hybridized carbons (Fsp3) is 0.214. The maximum Gasteiger partial charge on any atom is 0.362 e. The molecular formula is C14H14N2O5. The molecule has 7 heteroatoms. The Morgan fingerprint density at radius 3 is 2.62 bits per heavy atom. The quantitative estimate of drug-likeness (QED) is 0.501. The SMILES string of the molecule is CNc1c(NC(=O)CC(=O)OC)c(=O)oc2ccccc12. The summed E-state index contributed by atoms with van der Waals surface area (Å²) in [5.74, 6) is -1.34. The summed E-state index contributed by atoms with van der Waals surface area (Å²) in [6.45, 7) is 0. The first kappa shape index (κ1) is 14.6. The second-order valence-corrected chi connectivity index (χ2v) is 4.19. The van der Waals surface area contributed by atoms with E-state index in [0.717, 1.165) is 0 Å². The van der Waals surface area contributed by atoms with Crippen LogP contribution in [0.4, 0.5) is 11.4 Å². The Morgan fingerprint density at radius 2 is 1.95 bits per heavy atom. The molecule has 0 spiro atoms. The lowest BCUT2D eigenvalue weighted by molar-refractivity contribution is -0.142. The summed E-state index contributed by atoms with van der Waals surface area (Å²) in [5, 5.41) is 5.89. The predicted octanol–water partition coefficient (Wildman–Crippen LogP) is 1.34. The highest BCUT2D eigenvalue weighted by Crippen LogP contribution is 2.27. The number of carbonyl (C=O) groups is 2. The molecule has 1 aromatic carbocycles. The van der Waals surface area contributed by atoms with Crippen LogP contribution in [0.3, 0.4) is 0 Å². The van der Waals surface area contributed by atoms with Gasteiger partial charge in [0.2, 0.25) is 5.91 Å².